The van der Waals surface area contributed by atoms with Gasteiger partial charge >= 0.3 is 0 Å². The van der Waals surface area contributed by atoms with Gasteiger partial charge in [0.05, 0.1) is 16.8 Å². The molecule has 0 atom stereocenters. The van der Waals surface area contributed by atoms with Crippen molar-refractivity contribution in [1.82, 2.24) is 0 Å². The van der Waals surface area contributed by atoms with E-state index in [0.29, 0.717) is 0 Å². The van der Waals surface area contributed by atoms with Crippen LogP contribution in [0, 0.1) is 0 Å². The van der Waals surface area contributed by atoms with Gasteiger partial charge in [-0.1, -0.05) is 0 Å². The van der Waals surface area contributed by atoms with Gasteiger partial charge in [-0.2, -0.15) is 18.2 Å². The van der Waals surface area contributed by atoms with Gasteiger partial charge in [0.25, 0.3) is 0 Å². The third kappa shape index (κ3) is 253. The Kier molecular flexibility index (Phi) is 19.1. The normalized spacial score (nSPS) is 10.5. The molecule has 0 aliphatic carbocycles. The fourth-order valence-electron chi connectivity index (χ4n) is 0.321. The fraction of sp³-hybridized carbons (Fsp3) is 0.706. The van der Waals surface area contributed by atoms with E-state index in [4.69, 9.17) is 15.3 Å². The summed E-state index contributed by atoms with van der Waals surface area (Å²) < 4.78 is 0. The maximum Gasteiger partial charge on any atom is 0.0563 e. The van der Waals surface area contributed by atoms with Gasteiger partial charge in [0.15, 0.2) is 0 Å². The summed E-state index contributed by atoms with van der Waals surface area (Å²) in [5.74, 6) is 0. The van der Waals surface area contributed by atoms with Crippen LogP contribution in [0.15, 0.2) is 30.3 Å². The van der Waals surface area contributed by atoms with Gasteiger partial charge in [0, 0.05) is 25.8 Å². The maximum absolute atomic E-state index is 8.52. The van der Waals surface area contributed by atoms with E-state index in [-0.39, 0.29) is 25.8 Å². The molecule has 4 heteroatoms. The number of hydrogen-bond acceptors (Lipinski definition) is 3. The molecule has 0 radical (unpaired) electrons. The standard InChI is InChI=1S/C5H5.3C4H10O.Hf/c1-2-4-5-3-1;3*1-4(2,3)5;/h1-5H;3*5H,1-3H3;/q-1;;;;. The topological polar surface area (TPSA) is 60.7 Å². The average molecular weight is 466 g/mol. The Balaban J connectivity index is -0.0000000903. The van der Waals surface area contributed by atoms with E-state index in [1.807, 2.05) is 30.3 Å². The number of aliphatic hydroxyl groups is 3. The Morgan fingerprint density at radius 3 is 0.762 bits per heavy atom. The van der Waals surface area contributed by atoms with Gasteiger partial charge < -0.3 is 15.3 Å². The molecule has 1 aromatic rings. The van der Waals surface area contributed by atoms with Gasteiger partial charge in [0.2, 0.25) is 0 Å². The van der Waals surface area contributed by atoms with Crippen molar-refractivity contribution < 1.29 is 41.2 Å². The first-order valence-electron chi connectivity index (χ1n) is 6.84. The first-order valence-corrected chi connectivity index (χ1v) is 6.84. The van der Waals surface area contributed by atoms with E-state index < -0.39 is 16.8 Å². The summed E-state index contributed by atoms with van der Waals surface area (Å²) in [5, 5.41) is 25.6. The summed E-state index contributed by atoms with van der Waals surface area (Å²) in [7, 11) is 0. The zero-order valence-corrected chi connectivity index (χ0v) is 18.8. The monoisotopic (exact) mass is 467 g/mol. The first-order chi connectivity index (χ1) is 8.50. The molecule has 0 spiro atoms. The van der Waals surface area contributed by atoms with Gasteiger partial charge in [-0.15, -0.1) is 0 Å². The van der Waals surface area contributed by atoms with E-state index in [9.17, 15) is 0 Å². The van der Waals surface area contributed by atoms with Crippen LogP contribution in [0.5, 0.6) is 0 Å². The summed E-state index contributed by atoms with van der Waals surface area (Å²) in [6.45, 7) is 15.7. The molecular formula is C17H35HfO3-. The van der Waals surface area contributed by atoms with Crippen LogP contribution in [-0.4, -0.2) is 32.1 Å². The van der Waals surface area contributed by atoms with Crippen LogP contribution in [0.25, 0.3) is 0 Å². The Hall–Kier alpha value is 0.100. The second-order valence-corrected chi connectivity index (χ2v) is 7.47. The molecular weight excluding hydrogens is 431 g/mol. The summed E-state index contributed by atoms with van der Waals surface area (Å²) in [6.07, 6.45) is 0. The van der Waals surface area contributed by atoms with E-state index >= 15 is 0 Å². The summed E-state index contributed by atoms with van der Waals surface area (Å²) >= 11 is 0. The van der Waals surface area contributed by atoms with Crippen LogP contribution in [0.1, 0.15) is 62.3 Å². The molecule has 1 aromatic carbocycles. The third-order valence-electron chi connectivity index (χ3n) is 0.556. The molecule has 3 nitrogen and oxygen atoms in total. The van der Waals surface area contributed by atoms with Crippen LogP contribution < -0.4 is 0 Å². The smallest absolute Gasteiger partial charge is 0.0563 e. The minimum absolute atomic E-state index is 0. The summed E-state index contributed by atoms with van der Waals surface area (Å²) in [5.41, 5.74) is -1.50. The van der Waals surface area contributed by atoms with E-state index in [2.05, 4.69) is 0 Å². The number of rotatable bonds is 0. The van der Waals surface area contributed by atoms with E-state index in [0.717, 1.165) is 0 Å². The Morgan fingerprint density at radius 1 is 0.571 bits per heavy atom. The quantitative estimate of drug-likeness (QED) is 0.404. The van der Waals surface area contributed by atoms with Crippen LogP contribution >= 0.6 is 0 Å². The Morgan fingerprint density at radius 2 is 0.714 bits per heavy atom. The number of hydrogen-bond donors (Lipinski definition) is 3. The van der Waals surface area contributed by atoms with Crippen molar-refractivity contribution in [2.45, 2.75) is 79.1 Å². The van der Waals surface area contributed by atoms with Crippen molar-refractivity contribution in [1.29, 1.82) is 0 Å². The second kappa shape index (κ2) is 13.7. The maximum atomic E-state index is 8.52. The molecule has 0 aromatic heterocycles. The molecule has 0 amide bonds. The predicted molar refractivity (Wildman–Crippen MR) is 88.0 cm³/mol. The SMILES string of the molecule is CC(C)(C)O.CC(C)(C)O.CC(C)(C)O.[Hf].c1cc[cH-]c1. The van der Waals surface area contributed by atoms with E-state index in [1.54, 1.807) is 62.3 Å². The molecule has 0 bridgehead atoms. The molecule has 0 aliphatic rings. The van der Waals surface area contributed by atoms with Crippen LogP contribution in [-0.2, 0) is 25.8 Å². The van der Waals surface area contributed by atoms with E-state index in [1.165, 1.54) is 0 Å². The molecule has 0 saturated carbocycles. The van der Waals surface area contributed by atoms with Gasteiger partial charge in [0.1, 0.15) is 0 Å². The Bertz CT molecular complexity index is 211. The molecule has 126 valence electrons. The summed E-state index contributed by atoms with van der Waals surface area (Å²) in [4.78, 5) is 0. The molecule has 0 saturated heterocycles. The Labute approximate surface area is 150 Å². The van der Waals surface area contributed by atoms with Crippen LogP contribution in [0.3, 0.4) is 0 Å². The van der Waals surface area contributed by atoms with Crippen LogP contribution in [0.2, 0.25) is 0 Å². The second-order valence-electron chi connectivity index (χ2n) is 7.47. The van der Waals surface area contributed by atoms with Crippen LogP contribution in [0.4, 0.5) is 0 Å². The zero-order chi connectivity index (χ0) is 17.0. The average Bonchev–Trinajstić information content (AvgIpc) is 2.45. The molecule has 1 rings (SSSR count). The summed E-state index contributed by atoms with van der Waals surface area (Å²) in [6, 6.07) is 10.0. The molecule has 21 heavy (non-hydrogen) atoms. The van der Waals surface area contributed by atoms with Crippen molar-refractivity contribution in [3.63, 3.8) is 0 Å². The molecule has 0 unspecified atom stereocenters. The van der Waals surface area contributed by atoms with Gasteiger partial charge in [-0.05, 0) is 62.3 Å². The van der Waals surface area contributed by atoms with Crippen molar-refractivity contribution in [2.24, 2.45) is 0 Å². The van der Waals surface area contributed by atoms with Gasteiger partial charge in [-0.25, -0.2) is 12.1 Å². The van der Waals surface area contributed by atoms with Crippen molar-refractivity contribution in [3.05, 3.63) is 30.3 Å². The third-order valence-corrected chi connectivity index (χ3v) is 0.556. The van der Waals surface area contributed by atoms with Gasteiger partial charge in [-0.3, -0.25) is 0 Å². The molecule has 3 N–H and O–H groups in total. The molecule has 0 heterocycles. The zero-order valence-electron chi connectivity index (χ0n) is 15.2. The predicted octanol–water partition coefficient (Wildman–Crippen LogP) is 3.73. The fourth-order valence-corrected chi connectivity index (χ4v) is 0.321. The largest absolute Gasteiger partial charge is 0.391 e. The minimum Gasteiger partial charge on any atom is -0.391 e. The first kappa shape index (κ1) is 29.2. The molecule has 0 aliphatic heterocycles. The van der Waals surface area contributed by atoms with Crippen molar-refractivity contribution in [2.75, 3.05) is 0 Å². The molecule has 0 fully saturated rings. The van der Waals surface area contributed by atoms with Crippen molar-refractivity contribution >= 4 is 0 Å². The van der Waals surface area contributed by atoms with Crippen molar-refractivity contribution in [3.8, 4) is 0 Å². The minimum atomic E-state index is -0.500.